The van der Waals surface area contributed by atoms with Crippen LogP contribution in [0.4, 0.5) is 0 Å². The minimum atomic E-state index is -0.0775. The maximum absolute atomic E-state index is 11.7. The lowest BCUT2D eigenvalue weighted by Gasteiger charge is -2.15. The van der Waals surface area contributed by atoms with Crippen molar-refractivity contribution in [1.29, 1.82) is 0 Å². The van der Waals surface area contributed by atoms with Crippen LogP contribution in [0.5, 0.6) is 0 Å². The molecule has 19 heavy (non-hydrogen) atoms. The number of hydrogen-bond acceptors (Lipinski definition) is 4. The fourth-order valence-corrected chi connectivity index (χ4v) is 3.27. The zero-order valence-corrected chi connectivity index (χ0v) is 14.2. The fraction of sp³-hybridized carbons (Fsp3) is 0.929. The second-order valence-corrected chi connectivity index (χ2v) is 6.91. The molecule has 5 heteroatoms. The summed E-state index contributed by atoms with van der Waals surface area (Å²) in [4.78, 5) is 11.7. The predicted molar refractivity (Wildman–Crippen MR) is 82.6 cm³/mol. The highest BCUT2D eigenvalue weighted by Crippen LogP contribution is 2.34. The van der Waals surface area contributed by atoms with Crippen molar-refractivity contribution in [3.8, 4) is 0 Å². The second kappa shape index (κ2) is 9.13. The third kappa shape index (κ3) is 6.40. The van der Waals surface area contributed by atoms with Gasteiger partial charge in [0, 0.05) is 10.5 Å². The molecule has 0 aromatic carbocycles. The van der Waals surface area contributed by atoms with Gasteiger partial charge in [-0.1, -0.05) is 36.4 Å². The van der Waals surface area contributed by atoms with Crippen molar-refractivity contribution >= 4 is 28.6 Å². The van der Waals surface area contributed by atoms with Gasteiger partial charge < -0.3 is 14.2 Å². The van der Waals surface area contributed by atoms with Gasteiger partial charge in [-0.15, -0.1) is 0 Å². The first-order valence-electron chi connectivity index (χ1n) is 7.04. The van der Waals surface area contributed by atoms with E-state index >= 15 is 0 Å². The van der Waals surface area contributed by atoms with Gasteiger partial charge in [0.05, 0.1) is 31.8 Å². The van der Waals surface area contributed by atoms with Gasteiger partial charge in [0.2, 0.25) is 0 Å². The first-order valence-corrected chi connectivity index (χ1v) is 8.29. The lowest BCUT2D eigenvalue weighted by molar-refractivity contribution is -0.148. The number of carbonyl (C=O) groups excluding carboxylic acids is 1. The molecule has 0 bridgehead atoms. The van der Waals surface area contributed by atoms with Crippen LogP contribution < -0.4 is 0 Å². The Morgan fingerprint density at radius 1 is 1.32 bits per heavy atom. The molecule has 112 valence electrons. The summed E-state index contributed by atoms with van der Waals surface area (Å²) in [6.07, 6.45) is 1.78. The second-order valence-electron chi connectivity index (χ2n) is 5.31. The van der Waals surface area contributed by atoms with Crippen molar-refractivity contribution < 1.29 is 19.0 Å². The summed E-state index contributed by atoms with van der Waals surface area (Å²) < 4.78 is 16.8. The maximum Gasteiger partial charge on any atom is 0.309 e. The largest absolute Gasteiger partial charge is 0.466 e. The van der Waals surface area contributed by atoms with Gasteiger partial charge in [0.15, 0.2) is 0 Å². The van der Waals surface area contributed by atoms with Crippen LogP contribution in [0.3, 0.4) is 0 Å². The molecule has 1 fully saturated rings. The first kappa shape index (κ1) is 17.2. The average molecular weight is 384 g/mol. The van der Waals surface area contributed by atoms with Gasteiger partial charge in [-0.2, -0.15) is 0 Å². The molecule has 0 spiro atoms. The van der Waals surface area contributed by atoms with Crippen molar-refractivity contribution in [3.63, 3.8) is 0 Å². The van der Waals surface area contributed by atoms with E-state index in [-0.39, 0.29) is 18.0 Å². The molecular formula is C14H25IO4. The Morgan fingerprint density at radius 3 is 2.68 bits per heavy atom. The van der Waals surface area contributed by atoms with E-state index in [1.807, 2.05) is 6.92 Å². The van der Waals surface area contributed by atoms with Gasteiger partial charge in [-0.25, -0.2) is 0 Å². The van der Waals surface area contributed by atoms with E-state index in [0.717, 1.165) is 19.4 Å². The summed E-state index contributed by atoms with van der Waals surface area (Å²) in [6, 6.07) is 0. The molecule has 0 aromatic rings. The van der Waals surface area contributed by atoms with Crippen LogP contribution in [-0.4, -0.2) is 42.4 Å². The molecule has 0 radical (unpaired) electrons. The first-order chi connectivity index (χ1) is 9.04. The number of ether oxygens (including phenoxy) is 3. The lowest BCUT2D eigenvalue weighted by Crippen LogP contribution is -2.21. The summed E-state index contributed by atoms with van der Waals surface area (Å²) in [7, 11) is 0. The van der Waals surface area contributed by atoms with Crippen LogP contribution in [0.2, 0.25) is 0 Å². The molecule has 0 heterocycles. The number of hydrogen-bond donors (Lipinski definition) is 0. The molecule has 0 amide bonds. The van der Waals surface area contributed by atoms with Crippen LogP contribution in [0.15, 0.2) is 0 Å². The minimum Gasteiger partial charge on any atom is -0.466 e. The number of carbonyl (C=O) groups is 1. The highest BCUT2D eigenvalue weighted by Gasteiger charge is 2.37. The summed E-state index contributed by atoms with van der Waals surface area (Å²) in [5.74, 6) is 0.478. The van der Waals surface area contributed by atoms with Crippen molar-refractivity contribution in [2.45, 2.75) is 43.6 Å². The van der Waals surface area contributed by atoms with Crippen molar-refractivity contribution in [1.82, 2.24) is 0 Å². The van der Waals surface area contributed by atoms with E-state index < -0.39 is 0 Å². The number of alkyl halides is 1. The fourth-order valence-electron chi connectivity index (χ4n) is 2.15. The van der Waals surface area contributed by atoms with Crippen molar-refractivity contribution in [2.24, 2.45) is 11.8 Å². The molecule has 3 atom stereocenters. The Bertz CT molecular complexity index is 270. The minimum absolute atomic E-state index is 0.00318. The van der Waals surface area contributed by atoms with E-state index in [1.54, 1.807) is 0 Å². The van der Waals surface area contributed by atoms with Gasteiger partial charge >= 0.3 is 5.97 Å². The van der Waals surface area contributed by atoms with Crippen molar-refractivity contribution in [3.05, 3.63) is 0 Å². The number of rotatable bonds is 8. The molecule has 1 saturated carbocycles. The molecule has 3 unspecified atom stereocenters. The van der Waals surface area contributed by atoms with E-state index in [4.69, 9.17) is 14.2 Å². The van der Waals surface area contributed by atoms with Crippen LogP contribution in [-0.2, 0) is 19.0 Å². The Labute approximate surface area is 129 Å². The molecule has 1 rings (SSSR count). The molecular weight excluding hydrogens is 359 g/mol. The number of halogens is 1. The zero-order chi connectivity index (χ0) is 14.3. The molecule has 0 saturated heterocycles. The highest BCUT2D eigenvalue weighted by molar-refractivity contribution is 14.1. The van der Waals surface area contributed by atoms with E-state index in [1.165, 1.54) is 0 Å². The summed E-state index contributed by atoms with van der Waals surface area (Å²) in [6.45, 7) is 8.55. The Kier molecular flexibility index (Phi) is 8.25. The zero-order valence-electron chi connectivity index (χ0n) is 12.1. The molecule has 0 aliphatic heterocycles. The predicted octanol–water partition coefficient (Wildman–Crippen LogP) is 2.82. The topological polar surface area (TPSA) is 44.8 Å². The maximum atomic E-state index is 11.7. The molecule has 0 aromatic heterocycles. The monoisotopic (exact) mass is 384 g/mol. The van der Waals surface area contributed by atoms with Crippen LogP contribution >= 0.6 is 22.6 Å². The Balaban J connectivity index is 2.19. The Morgan fingerprint density at radius 2 is 2.05 bits per heavy atom. The third-order valence-electron chi connectivity index (χ3n) is 3.06. The van der Waals surface area contributed by atoms with Gasteiger partial charge in [0.1, 0.15) is 0 Å². The summed E-state index contributed by atoms with van der Waals surface area (Å²) in [5, 5.41) is 0. The third-order valence-corrected chi connectivity index (χ3v) is 4.37. The molecule has 1 aliphatic rings. The molecule has 4 nitrogen and oxygen atoms in total. The van der Waals surface area contributed by atoms with Gasteiger partial charge in [-0.3, -0.25) is 4.79 Å². The van der Waals surface area contributed by atoms with Gasteiger partial charge in [-0.05, 0) is 25.7 Å². The van der Waals surface area contributed by atoms with E-state index in [9.17, 15) is 4.79 Å². The summed E-state index contributed by atoms with van der Waals surface area (Å²) >= 11 is 2.37. The quantitative estimate of drug-likeness (QED) is 0.280. The average Bonchev–Trinajstić information content (AvgIpc) is 2.71. The normalized spacial score (nSPS) is 26.9. The smallest absolute Gasteiger partial charge is 0.309 e. The highest BCUT2D eigenvalue weighted by atomic mass is 127. The Hall–Kier alpha value is 0.120. The van der Waals surface area contributed by atoms with Crippen molar-refractivity contribution in [2.75, 3.05) is 26.4 Å². The molecule has 1 aliphatic carbocycles. The van der Waals surface area contributed by atoms with Crippen LogP contribution in [0.25, 0.3) is 0 Å². The lowest BCUT2D eigenvalue weighted by atomic mass is 10.1. The SMILES string of the molecule is CCOC(=O)C1CC(I)C(OCCOCC(C)C)C1. The summed E-state index contributed by atoms with van der Waals surface area (Å²) in [5.41, 5.74) is 0. The standard InChI is InChI=1S/C14H25IO4/c1-4-18-14(16)11-7-12(15)13(8-11)19-6-5-17-9-10(2)3/h10-13H,4-9H2,1-3H3. The van der Waals surface area contributed by atoms with Crippen LogP contribution in [0, 0.1) is 11.8 Å². The number of esters is 1. The van der Waals surface area contributed by atoms with E-state index in [0.29, 0.717) is 29.7 Å². The van der Waals surface area contributed by atoms with Gasteiger partial charge in [0.25, 0.3) is 0 Å². The van der Waals surface area contributed by atoms with E-state index in [2.05, 4.69) is 36.4 Å². The molecule has 0 N–H and O–H groups in total. The van der Waals surface area contributed by atoms with Crippen LogP contribution in [0.1, 0.15) is 33.6 Å².